The first kappa shape index (κ1) is 18.4. The molecule has 0 aliphatic rings. The van der Waals surface area contributed by atoms with E-state index in [-0.39, 0.29) is 5.91 Å². The molecule has 27 heavy (non-hydrogen) atoms. The van der Waals surface area contributed by atoms with Gasteiger partial charge in [-0.15, -0.1) is 0 Å². The van der Waals surface area contributed by atoms with Crippen molar-refractivity contribution in [1.82, 2.24) is 10.3 Å². The maximum Gasteiger partial charge on any atom is 0.269 e. The van der Waals surface area contributed by atoms with Crippen LogP contribution in [-0.4, -0.2) is 17.4 Å². The van der Waals surface area contributed by atoms with Gasteiger partial charge in [0.15, 0.2) is 0 Å². The van der Waals surface area contributed by atoms with Gasteiger partial charge in [-0.3, -0.25) is 9.78 Å². The van der Waals surface area contributed by atoms with Crippen molar-refractivity contribution in [1.29, 1.82) is 5.26 Å². The average Bonchev–Trinajstić information content (AvgIpc) is 2.69. The SMILES string of the molecule is N#Cc1ccc(Nc2ccnc(C(=O)NCCc3cccc(Cl)c3)c2)cc1. The third-order valence-corrected chi connectivity index (χ3v) is 4.12. The van der Waals surface area contributed by atoms with Crippen LogP contribution in [-0.2, 0) is 6.42 Å². The van der Waals surface area contributed by atoms with E-state index in [4.69, 9.17) is 16.9 Å². The quantitative estimate of drug-likeness (QED) is 0.671. The monoisotopic (exact) mass is 376 g/mol. The molecule has 0 aliphatic carbocycles. The number of amides is 1. The van der Waals surface area contributed by atoms with Gasteiger partial charge in [-0.1, -0.05) is 23.7 Å². The van der Waals surface area contributed by atoms with E-state index >= 15 is 0 Å². The Morgan fingerprint density at radius 2 is 1.89 bits per heavy atom. The van der Waals surface area contributed by atoms with Gasteiger partial charge in [0.1, 0.15) is 5.69 Å². The summed E-state index contributed by atoms with van der Waals surface area (Å²) in [6.07, 6.45) is 2.27. The van der Waals surface area contributed by atoms with Gasteiger partial charge >= 0.3 is 0 Å². The van der Waals surface area contributed by atoms with E-state index in [2.05, 4.69) is 21.7 Å². The van der Waals surface area contributed by atoms with Crippen LogP contribution in [0.5, 0.6) is 0 Å². The standard InChI is InChI=1S/C21H17ClN4O/c22-17-3-1-2-15(12-17)8-10-25-21(27)20-13-19(9-11-24-20)26-18-6-4-16(14-23)5-7-18/h1-7,9,11-13H,8,10H2,(H,24,26)(H,25,27). The highest BCUT2D eigenvalue weighted by atomic mass is 35.5. The molecular formula is C21H17ClN4O. The van der Waals surface area contributed by atoms with Crippen LogP contribution >= 0.6 is 11.6 Å². The molecule has 0 saturated heterocycles. The van der Waals surface area contributed by atoms with Crippen molar-refractivity contribution >= 4 is 28.9 Å². The number of halogens is 1. The molecule has 0 aliphatic heterocycles. The lowest BCUT2D eigenvalue weighted by atomic mass is 10.1. The van der Waals surface area contributed by atoms with Crippen LogP contribution in [0.1, 0.15) is 21.6 Å². The Bertz CT molecular complexity index is 980. The van der Waals surface area contributed by atoms with E-state index in [1.807, 2.05) is 36.4 Å². The molecule has 2 aromatic carbocycles. The zero-order valence-corrected chi connectivity index (χ0v) is 15.2. The second-order valence-corrected chi connectivity index (χ2v) is 6.32. The molecule has 6 heteroatoms. The van der Waals surface area contributed by atoms with Gasteiger partial charge in [0.05, 0.1) is 11.6 Å². The molecule has 0 saturated carbocycles. The second kappa shape index (κ2) is 8.84. The van der Waals surface area contributed by atoms with E-state index in [1.165, 1.54) is 0 Å². The number of nitrogens with one attached hydrogen (secondary N) is 2. The number of carbonyl (C=O) groups is 1. The number of nitriles is 1. The highest BCUT2D eigenvalue weighted by Gasteiger charge is 2.08. The minimum atomic E-state index is -0.236. The van der Waals surface area contributed by atoms with Gasteiger partial charge in [-0.05, 0) is 60.5 Å². The van der Waals surface area contributed by atoms with Crippen molar-refractivity contribution in [2.24, 2.45) is 0 Å². The van der Waals surface area contributed by atoms with Crippen LogP contribution in [0.15, 0.2) is 66.9 Å². The average molecular weight is 377 g/mol. The Balaban J connectivity index is 1.58. The van der Waals surface area contributed by atoms with Crippen LogP contribution in [0.25, 0.3) is 0 Å². The number of hydrogen-bond acceptors (Lipinski definition) is 4. The first-order valence-corrected chi connectivity index (χ1v) is 8.78. The summed E-state index contributed by atoms with van der Waals surface area (Å²) < 4.78 is 0. The Kier molecular flexibility index (Phi) is 6.03. The molecule has 3 aromatic rings. The maximum atomic E-state index is 12.3. The lowest BCUT2D eigenvalue weighted by molar-refractivity contribution is 0.0949. The van der Waals surface area contributed by atoms with Crippen molar-refractivity contribution in [3.05, 3.63) is 88.7 Å². The molecule has 1 amide bonds. The highest BCUT2D eigenvalue weighted by molar-refractivity contribution is 6.30. The largest absolute Gasteiger partial charge is 0.355 e. The molecule has 3 rings (SSSR count). The molecule has 0 unspecified atom stereocenters. The summed E-state index contributed by atoms with van der Waals surface area (Å²) in [7, 11) is 0. The van der Waals surface area contributed by atoms with E-state index in [9.17, 15) is 4.79 Å². The van der Waals surface area contributed by atoms with Crippen LogP contribution in [0, 0.1) is 11.3 Å². The van der Waals surface area contributed by atoms with Crippen LogP contribution in [0.3, 0.4) is 0 Å². The van der Waals surface area contributed by atoms with Gasteiger partial charge in [0, 0.05) is 29.1 Å². The molecular weight excluding hydrogens is 360 g/mol. The zero-order valence-electron chi connectivity index (χ0n) is 14.4. The second-order valence-electron chi connectivity index (χ2n) is 5.88. The molecule has 134 valence electrons. The summed E-state index contributed by atoms with van der Waals surface area (Å²) in [6, 6.07) is 20.2. The maximum absolute atomic E-state index is 12.3. The zero-order chi connectivity index (χ0) is 19.1. The molecule has 0 spiro atoms. The minimum Gasteiger partial charge on any atom is -0.355 e. The predicted molar refractivity (Wildman–Crippen MR) is 106 cm³/mol. The van der Waals surface area contributed by atoms with Gasteiger partial charge in [-0.25, -0.2) is 0 Å². The normalized spacial score (nSPS) is 10.1. The first-order chi connectivity index (χ1) is 13.1. The van der Waals surface area contributed by atoms with E-state index in [0.717, 1.165) is 16.9 Å². The predicted octanol–water partition coefficient (Wildman–Crippen LogP) is 4.32. The first-order valence-electron chi connectivity index (χ1n) is 8.40. The van der Waals surface area contributed by atoms with Crippen molar-refractivity contribution < 1.29 is 4.79 Å². The third-order valence-electron chi connectivity index (χ3n) is 3.88. The van der Waals surface area contributed by atoms with Crippen molar-refractivity contribution in [3.8, 4) is 6.07 Å². The molecule has 1 aromatic heterocycles. The fraction of sp³-hybridized carbons (Fsp3) is 0.0952. The third kappa shape index (κ3) is 5.30. The number of rotatable bonds is 6. The number of aromatic nitrogens is 1. The molecule has 5 nitrogen and oxygen atoms in total. The summed E-state index contributed by atoms with van der Waals surface area (Å²) in [4.78, 5) is 16.5. The summed E-state index contributed by atoms with van der Waals surface area (Å²) in [6.45, 7) is 0.494. The smallest absolute Gasteiger partial charge is 0.269 e. The van der Waals surface area contributed by atoms with Crippen LogP contribution < -0.4 is 10.6 Å². The Morgan fingerprint density at radius 1 is 1.07 bits per heavy atom. The van der Waals surface area contributed by atoms with E-state index in [1.54, 1.807) is 30.5 Å². The highest BCUT2D eigenvalue weighted by Crippen LogP contribution is 2.17. The van der Waals surface area contributed by atoms with Crippen molar-refractivity contribution in [2.75, 3.05) is 11.9 Å². The summed E-state index contributed by atoms with van der Waals surface area (Å²) >= 11 is 5.96. The molecule has 0 atom stereocenters. The number of benzene rings is 2. The van der Waals surface area contributed by atoms with Gasteiger partial charge in [0.25, 0.3) is 5.91 Å². The van der Waals surface area contributed by atoms with E-state index in [0.29, 0.717) is 29.2 Å². The molecule has 2 N–H and O–H groups in total. The fourth-order valence-corrected chi connectivity index (χ4v) is 2.74. The van der Waals surface area contributed by atoms with Crippen molar-refractivity contribution in [3.63, 3.8) is 0 Å². The number of carbonyl (C=O) groups excluding carboxylic acids is 1. The number of nitrogens with zero attached hydrogens (tertiary/aromatic N) is 2. The summed E-state index contributed by atoms with van der Waals surface area (Å²) in [5, 5.41) is 15.6. The molecule has 0 bridgehead atoms. The molecule has 1 heterocycles. The van der Waals surface area contributed by atoms with Gasteiger partial charge in [-0.2, -0.15) is 5.26 Å². The number of hydrogen-bond donors (Lipinski definition) is 2. The van der Waals surface area contributed by atoms with Crippen molar-refractivity contribution in [2.45, 2.75) is 6.42 Å². The lowest BCUT2D eigenvalue weighted by Crippen LogP contribution is -2.26. The topological polar surface area (TPSA) is 77.8 Å². The minimum absolute atomic E-state index is 0.236. The summed E-state index contributed by atoms with van der Waals surface area (Å²) in [5.74, 6) is -0.236. The van der Waals surface area contributed by atoms with Crippen LogP contribution in [0.4, 0.5) is 11.4 Å². The number of anilines is 2. The van der Waals surface area contributed by atoms with E-state index < -0.39 is 0 Å². The molecule has 0 fully saturated rings. The number of pyridine rings is 1. The van der Waals surface area contributed by atoms with Crippen LogP contribution in [0.2, 0.25) is 5.02 Å². The van der Waals surface area contributed by atoms with Gasteiger partial charge in [0.2, 0.25) is 0 Å². The van der Waals surface area contributed by atoms with Gasteiger partial charge < -0.3 is 10.6 Å². The Hall–Kier alpha value is -3.36. The summed E-state index contributed by atoms with van der Waals surface area (Å²) in [5.41, 5.74) is 3.56. The lowest BCUT2D eigenvalue weighted by Gasteiger charge is -2.09. The Morgan fingerprint density at radius 3 is 2.63 bits per heavy atom. The fourth-order valence-electron chi connectivity index (χ4n) is 2.53. The molecule has 0 radical (unpaired) electrons. The Labute approximate surface area is 162 Å².